The van der Waals surface area contributed by atoms with Gasteiger partial charge in [-0.2, -0.15) is 0 Å². The second-order valence-corrected chi connectivity index (χ2v) is 10.1. The molecule has 1 fully saturated rings. The first-order valence-electron chi connectivity index (χ1n) is 13.3. The van der Waals surface area contributed by atoms with Gasteiger partial charge in [-0.05, 0) is 101 Å². The van der Waals surface area contributed by atoms with Crippen LogP contribution in [0.15, 0.2) is 36.4 Å². The first kappa shape index (κ1) is 26.9. The molecular formula is C30H38FN3O3. The maximum Gasteiger partial charge on any atom is 0.224 e. The molecule has 2 aromatic carbocycles. The lowest BCUT2D eigenvalue weighted by atomic mass is 9.95. The fourth-order valence-electron chi connectivity index (χ4n) is 4.99. The lowest BCUT2D eigenvalue weighted by Crippen LogP contribution is -2.31. The summed E-state index contributed by atoms with van der Waals surface area (Å²) in [7, 11) is 1.44. The van der Waals surface area contributed by atoms with Gasteiger partial charge in [0, 0.05) is 23.5 Å². The van der Waals surface area contributed by atoms with Crippen LogP contribution in [0.5, 0.6) is 11.5 Å². The van der Waals surface area contributed by atoms with Crippen LogP contribution in [0.4, 0.5) is 4.39 Å². The van der Waals surface area contributed by atoms with Crippen molar-refractivity contribution in [2.45, 2.75) is 58.9 Å². The van der Waals surface area contributed by atoms with Crippen LogP contribution in [0.25, 0.3) is 22.2 Å². The molecule has 7 heteroatoms. The molecule has 6 nitrogen and oxygen atoms in total. The van der Waals surface area contributed by atoms with E-state index < -0.39 is 5.82 Å². The summed E-state index contributed by atoms with van der Waals surface area (Å²) in [5.74, 6) is 0.414. The van der Waals surface area contributed by atoms with E-state index in [0.29, 0.717) is 17.9 Å². The molecule has 1 saturated heterocycles. The molecule has 37 heavy (non-hydrogen) atoms. The van der Waals surface area contributed by atoms with Crippen molar-refractivity contribution in [1.29, 1.82) is 0 Å². The van der Waals surface area contributed by atoms with Crippen molar-refractivity contribution >= 4 is 16.8 Å². The number of halogens is 1. The number of amides is 1. The Kier molecular flexibility index (Phi) is 8.98. The van der Waals surface area contributed by atoms with Gasteiger partial charge in [0.25, 0.3) is 0 Å². The summed E-state index contributed by atoms with van der Waals surface area (Å²) >= 11 is 0. The first-order valence-corrected chi connectivity index (χ1v) is 13.3. The van der Waals surface area contributed by atoms with Gasteiger partial charge in [0.1, 0.15) is 5.75 Å². The van der Waals surface area contributed by atoms with Crippen LogP contribution >= 0.6 is 0 Å². The number of fused-ring (bicyclic) bond motifs is 1. The van der Waals surface area contributed by atoms with Crippen LogP contribution in [0, 0.1) is 12.7 Å². The van der Waals surface area contributed by atoms with Crippen molar-refractivity contribution in [3.05, 3.63) is 53.3 Å². The molecule has 2 heterocycles. The summed E-state index contributed by atoms with van der Waals surface area (Å²) in [6, 6.07) is 10.6. The molecule has 1 aromatic heterocycles. The minimum absolute atomic E-state index is 0.0283. The molecule has 0 bridgehead atoms. The highest BCUT2D eigenvalue weighted by molar-refractivity contribution is 5.91. The van der Waals surface area contributed by atoms with Crippen LogP contribution in [-0.2, 0) is 11.2 Å². The number of hydrogen-bond donors (Lipinski definition) is 1. The van der Waals surface area contributed by atoms with Gasteiger partial charge in [-0.3, -0.25) is 4.79 Å². The van der Waals surface area contributed by atoms with E-state index in [-0.39, 0.29) is 24.1 Å². The van der Waals surface area contributed by atoms with E-state index in [0.717, 1.165) is 40.7 Å². The number of rotatable bonds is 10. The topological polar surface area (TPSA) is 63.7 Å². The third-order valence-corrected chi connectivity index (χ3v) is 6.89. The highest BCUT2D eigenvalue weighted by atomic mass is 19.1. The Labute approximate surface area is 219 Å². The molecule has 1 aliphatic rings. The second kappa shape index (κ2) is 12.4. The van der Waals surface area contributed by atoms with Crippen LogP contribution in [0.2, 0.25) is 0 Å². The lowest BCUT2D eigenvalue weighted by molar-refractivity contribution is -0.120. The van der Waals surface area contributed by atoms with E-state index in [9.17, 15) is 9.18 Å². The number of benzene rings is 2. The van der Waals surface area contributed by atoms with Crippen molar-refractivity contribution < 1.29 is 18.7 Å². The van der Waals surface area contributed by atoms with E-state index in [2.05, 4.69) is 10.2 Å². The molecule has 1 amide bonds. The Hall–Kier alpha value is -3.19. The number of aryl methyl sites for hydroxylation is 1. The number of hydrogen-bond acceptors (Lipinski definition) is 5. The highest BCUT2D eigenvalue weighted by Crippen LogP contribution is 2.34. The summed E-state index contributed by atoms with van der Waals surface area (Å²) in [6.07, 6.45) is 5.09. The van der Waals surface area contributed by atoms with Crippen molar-refractivity contribution in [1.82, 2.24) is 15.2 Å². The summed E-state index contributed by atoms with van der Waals surface area (Å²) in [6.45, 7) is 9.98. The molecule has 0 aliphatic carbocycles. The number of carbonyl (C=O) groups is 1. The van der Waals surface area contributed by atoms with Gasteiger partial charge in [0.05, 0.1) is 31.3 Å². The van der Waals surface area contributed by atoms with Gasteiger partial charge < -0.3 is 19.7 Å². The quantitative estimate of drug-likeness (QED) is 0.358. The van der Waals surface area contributed by atoms with Crippen LogP contribution in [-0.4, -0.2) is 55.2 Å². The lowest BCUT2D eigenvalue weighted by Gasteiger charge is -2.26. The van der Waals surface area contributed by atoms with Crippen molar-refractivity contribution in [2.24, 2.45) is 0 Å². The van der Waals surface area contributed by atoms with Crippen molar-refractivity contribution in [3.8, 4) is 22.8 Å². The second-order valence-electron chi connectivity index (χ2n) is 10.1. The summed E-state index contributed by atoms with van der Waals surface area (Å²) < 4.78 is 25.4. The smallest absolute Gasteiger partial charge is 0.224 e. The Morgan fingerprint density at radius 2 is 1.92 bits per heavy atom. The highest BCUT2D eigenvalue weighted by Gasteiger charge is 2.19. The number of carbonyl (C=O) groups excluding carboxylic acids is 1. The molecule has 0 saturated carbocycles. The zero-order chi connectivity index (χ0) is 26.4. The number of pyridine rings is 1. The number of nitrogens with zero attached hydrogens (tertiary/aromatic N) is 2. The fraction of sp³-hybridized carbons (Fsp3) is 0.467. The molecule has 4 rings (SSSR count). The molecular weight excluding hydrogens is 469 g/mol. The standard InChI is InChI=1S/C30H38FN3O3/c1-20(2)32-29(35)19-25-21(3)24-18-23(37-16-8-15-34-13-6-5-7-14-34)10-12-27(24)33-30(25)22-9-11-26(31)28(17-22)36-4/h9-12,17-18,20H,5-8,13-16,19H2,1-4H3,(H,32,35). The Bertz CT molecular complexity index is 1240. The van der Waals surface area contributed by atoms with Crippen LogP contribution in [0.3, 0.4) is 0 Å². The maximum absolute atomic E-state index is 14.1. The average Bonchev–Trinajstić information content (AvgIpc) is 2.89. The Morgan fingerprint density at radius 3 is 2.65 bits per heavy atom. The van der Waals surface area contributed by atoms with Crippen LogP contribution in [0.1, 0.15) is 50.7 Å². The maximum atomic E-state index is 14.1. The molecule has 1 aliphatic heterocycles. The number of piperidine rings is 1. The van der Waals surface area contributed by atoms with E-state index in [1.165, 1.54) is 45.5 Å². The largest absolute Gasteiger partial charge is 0.494 e. The third kappa shape index (κ3) is 6.77. The average molecular weight is 508 g/mol. The third-order valence-electron chi connectivity index (χ3n) is 6.89. The minimum atomic E-state index is -0.440. The van der Waals surface area contributed by atoms with E-state index >= 15 is 0 Å². The van der Waals surface area contributed by atoms with Crippen molar-refractivity contribution in [2.75, 3.05) is 33.4 Å². The molecule has 198 valence electrons. The first-order chi connectivity index (χ1) is 17.9. The normalized spacial score (nSPS) is 14.2. The predicted molar refractivity (Wildman–Crippen MR) is 146 cm³/mol. The van der Waals surface area contributed by atoms with E-state index in [4.69, 9.17) is 14.5 Å². The molecule has 0 atom stereocenters. The Morgan fingerprint density at radius 1 is 1.14 bits per heavy atom. The number of ether oxygens (including phenoxy) is 2. The van der Waals surface area contributed by atoms with Gasteiger partial charge >= 0.3 is 0 Å². The van der Waals surface area contributed by atoms with Gasteiger partial charge in [0.2, 0.25) is 5.91 Å². The van der Waals surface area contributed by atoms with Gasteiger partial charge in [-0.1, -0.05) is 6.42 Å². The fourth-order valence-corrected chi connectivity index (χ4v) is 4.99. The van der Waals surface area contributed by atoms with Crippen LogP contribution < -0.4 is 14.8 Å². The number of methoxy groups -OCH3 is 1. The monoisotopic (exact) mass is 507 g/mol. The van der Waals surface area contributed by atoms with E-state index in [1.807, 2.05) is 39.0 Å². The summed E-state index contributed by atoms with van der Waals surface area (Å²) in [5, 5.41) is 3.91. The Balaban J connectivity index is 1.62. The molecule has 0 unspecified atom stereocenters. The summed E-state index contributed by atoms with van der Waals surface area (Å²) in [5.41, 5.74) is 3.91. The number of likely N-dealkylation sites (tertiary alicyclic amines) is 1. The predicted octanol–water partition coefficient (Wildman–Crippen LogP) is 5.68. The molecule has 0 radical (unpaired) electrons. The zero-order valence-electron chi connectivity index (χ0n) is 22.4. The number of aromatic nitrogens is 1. The number of nitrogens with one attached hydrogen (secondary N) is 1. The SMILES string of the molecule is COc1cc(-c2nc3ccc(OCCCN4CCCCC4)cc3c(C)c2CC(=O)NC(C)C)ccc1F. The molecule has 1 N–H and O–H groups in total. The van der Waals surface area contributed by atoms with Gasteiger partial charge in [-0.15, -0.1) is 0 Å². The molecule has 3 aromatic rings. The van der Waals surface area contributed by atoms with Gasteiger partial charge in [0.15, 0.2) is 11.6 Å². The van der Waals surface area contributed by atoms with E-state index in [1.54, 1.807) is 12.1 Å². The minimum Gasteiger partial charge on any atom is -0.494 e. The van der Waals surface area contributed by atoms with Crippen molar-refractivity contribution in [3.63, 3.8) is 0 Å². The van der Waals surface area contributed by atoms with Gasteiger partial charge in [-0.25, -0.2) is 9.37 Å². The summed E-state index contributed by atoms with van der Waals surface area (Å²) in [4.78, 5) is 20.2. The molecule has 0 spiro atoms. The zero-order valence-corrected chi connectivity index (χ0v) is 22.4.